The average Bonchev–Trinajstić information content (AvgIpc) is 2.93. The van der Waals surface area contributed by atoms with Crippen molar-refractivity contribution in [2.24, 2.45) is 0 Å². The Morgan fingerprint density at radius 3 is 1.93 bits per heavy atom. The van der Waals surface area contributed by atoms with E-state index in [1.165, 1.54) is 17.2 Å². The molecule has 0 bridgehead atoms. The van der Waals surface area contributed by atoms with Crippen LogP contribution in [0.3, 0.4) is 0 Å². The average molecular weight is 402 g/mol. The van der Waals surface area contributed by atoms with Crippen LogP contribution in [0.2, 0.25) is 0 Å². The van der Waals surface area contributed by atoms with E-state index in [0.29, 0.717) is 0 Å². The number of anilines is 1. The topological polar surface area (TPSA) is 57.6 Å². The van der Waals surface area contributed by atoms with E-state index in [0.717, 1.165) is 55.3 Å². The summed E-state index contributed by atoms with van der Waals surface area (Å²) in [5.74, 6) is 0. The molecule has 2 aromatic carbocycles. The first-order valence-electron chi connectivity index (χ1n) is 10.2. The second kappa shape index (κ2) is 7.88. The van der Waals surface area contributed by atoms with Crippen LogP contribution >= 0.6 is 0 Å². The predicted molar refractivity (Wildman–Crippen MR) is 116 cm³/mol. The predicted octanol–water partition coefficient (Wildman–Crippen LogP) is 5.65. The van der Waals surface area contributed by atoms with Crippen LogP contribution in [0.25, 0.3) is 11.1 Å². The molecule has 4 nitrogen and oxygen atoms in total. The van der Waals surface area contributed by atoms with Crippen molar-refractivity contribution < 1.29 is 13.0 Å². The number of benzene rings is 2. The van der Waals surface area contributed by atoms with E-state index < -0.39 is 10.1 Å². The third kappa shape index (κ3) is 3.58. The minimum absolute atomic E-state index is 0.00994. The maximum atomic E-state index is 11.8. The lowest BCUT2D eigenvalue weighted by molar-refractivity contribution is 0.413. The van der Waals surface area contributed by atoms with Gasteiger partial charge < -0.3 is 4.90 Å². The van der Waals surface area contributed by atoms with Crippen LogP contribution in [0, 0.1) is 0 Å². The van der Waals surface area contributed by atoms with Crippen molar-refractivity contribution in [3.8, 4) is 11.1 Å². The fourth-order valence-electron chi connectivity index (χ4n) is 4.52. The van der Waals surface area contributed by atoms with Crippen LogP contribution < -0.4 is 4.90 Å². The summed E-state index contributed by atoms with van der Waals surface area (Å²) in [6.45, 7) is 4.38. The van der Waals surface area contributed by atoms with Crippen LogP contribution in [0.4, 0.5) is 5.69 Å². The molecule has 0 aliphatic heterocycles. The molecule has 2 aromatic rings. The van der Waals surface area contributed by atoms with Crippen molar-refractivity contribution in [2.75, 3.05) is 19.0 Å². The zero-order chi connectivity index (χ0) is 20.5. The van der Waals surface area contributed by atoms with E-state index in [4.69, 9.17) is 0 Å². The number of unbranched alkanes of at least 4 members (excludes halogenated alkanes) is 2. The van der Waals surface area contributed by atoms with Crippen molar-refractivity contribution in [1.29, 1.82) is 0 Å². The first-order chi connectivity index (χ1) is 13.2. The largest absolute Gasteiger partial charge is 0.378 e. The molecule has 3 rings (SSSR count). The third-order valence-corrected chi connectivity index (χ3v) is 6.89. The third-order valence-electron chi connectivity index (χ3n) is 6.04. The quantitative estimate of drug-likeness (QED) is 0.581. The highest BCUT2D eigenvalue weighted by atomic mass is 32.2. The van der Waals surface area contributed by atoms with Gasteiger partial charge >= 0.3 is 0 Å². The smallest absolute Gasteiger partial charge is 0.294 e. The van der Waals surface area contributed by atoms with E-state index in [1.54, 1.807) is 6.07 Å². The Balaban J connectivity index is 2.30. The minimum atomic E-state index is -4.23. The first-order valence-corrected chi connectivity index (χ1v) is 11.6. The normalized spacial score (nSPS) is 14.6. The molecule has 0 saturated heterocycles. The van der Waals surface area contributed by atoms with Gasteiger partial charge in [0.15, 0.2) is 0 Å². The molecule has 1 aliphatic carbocycles. The lowest BCUT2D eigenvalue weighted by atomic mass is 9.71. The summed E-state index contributed by atoms with van der Waals surface area (Å²) in [7, 11) is -0.149. The summed E-state index contributed by atoms with van der Waals surface area (Å²) in [5, 5.41) is 0. The van der Waals surface area contributed by atoms with Gasteiger partial charge in [-0.2, -0.15) is 8.42 Å². The maximum Gasteiger partial charge on any atom is 0.294 e. The van der Waals surface area contributed by atoms with Gasteiger partial charge in [-0.3, -0.25) is 4.55 Å². The molecule has 1 aliphatic rings. The van der Waals surface area contributed by atoms with Gasteiger partial charge in [-0.15, -0.1) is 0 Å². The summed E-state index contributed by atoms with van der Waals surface area (Å²) in [4.78, 5) is 2.10. The Kier molecular flexibility index (Phi) is 5.87. The summed E-state index contributed by atoms with van der Waals surface area (Å²) >= 11 is 0. The van der Waals surface area contributed by atoms with Crippen LogP contribution in [-0.2, 0) is 15.5 Å². The molecule has 152 valence electrons. The molecule has 0 fully saturated rings. The van der Waals surface area contributed by atoms with Crippen molar-refractivity contribution in [3.05, 3.63) is 47.5 Å². The molecule has 0 spiro atoms. The van der Waals surface area contributed by atoms with Gasteiger partial charge in [0.25, 0.3) is 10.1 Å². The zero-order valence-corrected chi connectivity index (χ0v) is 18.1. The second-order valence-corrected chi connectivity index (χ2v) is 9.52. The lowest BCUT2D eigenvalue weighted by Gasteiger charge is -2.33. The Bertz CT molecular complexity index is 956. The summed E-state index contributed by atoms with van der Waals surface area (Å²) in [5.41, 5.74) is 5.58. The maximum absolute atomic E-state index is 11.8. The van der Waals surface area contributed by atoms with Crippen molar-refractivity contribution in [2.45, 2.75) is 62.7 Å². The van der Waals surface area contributed by atoms with E-state index in [2.05, 4.69) is 36.9 Å². The number of nitrogens with zero attached hydrogens (tertiary/aromatic N) is 1. The molecule has 0 atom stereocenters. The Hall–Kier alpha value is -1.85. The molecule has 5 heteroatoms. The fourth-order valence-corrected chi connectivity index (χ4v) is 5.03. The van der Waals surface area contributed by atoms with Crippen LogP contribution in [-0.4, -0.2) is 27.1 Å². The zero-order valence-electron chi connectivity index (χ0n) is 17.3. The number of hydrogen-bond donors (Lipinski definition) is 1. The standard InChI is InChI=1S/C23H31NO3S/c1-5-7-13-23(14-8-6-2)21-15-17(24(3)4)9-11-19(21)20-12-10-18(16-22(20)23)28(25,26)27/h9-12,15-16H,5-8,13-14H2,1-4H3,(H,25,26,27). The van der Waals surface area contributed by atoms with Gasteiger partial charge in [-0.25, -0.2) is 0 Å². The fraction of sp³-hybridized carbons (Fsp3) is 0.478. The molecule has 0 amide bonds. The number of rotatable bonds is 8. The molecule has 0 saturated carbocycles. The highest BCUT2D eigenvalue weighted by molar-refractivity contribution is 7.85. The van der Waals surface area contributed by atoms with Crippen LogP contribution in [0.15, 0.2) is 41.3 Å². The molecular weight excluding hydrogens is 370 g/mol. The van der Waals surface area contributed by atoms with Crippen molar-refractivity contribution in [3.63, 3.8) is 0 Å². The van der Waals surface area contributed by atoms with Gasteiger partial charge in [0, 0.05) is 25.2 Å². The molecule has 0 heterocycles. The molecule has 1 N–H and O–H groups in total. The molecule has 0 aromatic heterocycles. The highest BCUT2D eigenvalue weighted by Gasteiger charge is 2.42. The Morgan fingerprint density at radius 1 is 0.893 bits per heavy atom. The van der Waals surface area contributed by atoms with Crippen molar-refractivity contribution in [1.82, 2.24) is 0 Å². The summed E-state index contributed by atoms with van der Waals surface area (Å²) in [6.07, 6.45) is 6.29. The number of fused-ring (bicyclic) bond motifs is 3. The van der Waals surface area contributed by atoms with E-state index in [1.807, 2.05) is 20.2 Å². The van der Waals surface area contributed by atoms with Crippen molar-refractivity contribution >= 4 is 15.8 Å². The van der Waals surface area contributed by atoms with E-state index in [9.17, 15) is 13.0 Å². The number of hydrogen-bond acceptors (Lipinski definition) is 3. The molecule has 0 unspecified atom stereocenters. The van der Waals surface area contributed by atoms with E-state index in [-0.39, 0.29) is 10.3 Å². The first kappa shape index (κ1) is 20.9. The minimum Gasteiger partial charge on any atom is -0.378 e. The Labute approximate surface area is 169 Å². The van der Waals surface area contributed by atoms with Gasteiger partial charge in [0.2, 0.25) is 0 Å². The second-order valence-electron chi connectivity index (χ2n) is 8.10. The monoisotopic (exact) mass is 401 g/mol. The van der Waals surface area contributed by atoms with Gasteiger partial charge in [0.1, 0.15) is 0 Å². The van der Waals surface area contributed by atoms with Crippen LogP contribution in [0.5, 0.6) is 0 Å². The van der Waals surface area contributed by atoms with Crippen LogP contribution in [0.1, 0.15) is 63.5 Å². The SMILES string of the molecule is CCCCC1(CCCC)c2cc(N(C)C)ccc2-c2ccc(S(=O)(=O)O)cc21. The summed E-state index contributed by atoms with van der Waals surface area (Å²) < 4.78 is 33.3. The lowest BCUT2D eigenvalue weighted by Crippen LogP contribution is -2.26. The van der Waals surface area contributed by atoms with Gasteiger partial charge in [0.05, 0.1) is 4.90 Å². The highest BCUT2D eigenvalue weighted by Crippen LogP contribution is 2.55. The van der Waals surface area contributed by atoms with Gasteiger partial charge in [-0.05, 0) is 59.4 Å². The molecular formula is C23H31NO3S. The Morgan fingerprint density at radius 2 is 1.43 bits per heavy atom. The molecule has 0 radical (unpaired) electrons. The molecule has 28 heavy (non-hydrogen) atoms. The summed E-state index contributed by atoms with van der Waals surface area (Å²) in [6, 6.07) is 11.7. The van der Waals surface area contributed by atoms with Gasteiger partial charge in [-0.1, -0.05) is 51.7 Å². The van der Waals surface area contributed by atoms with E-state index >= 15 is 0 Å².